The van der Waals surface area contributed by atoms with Crippen molar-refractivity contribution in [3.05, 3.63) is 0 Å². The monoisotopic (exact) mass is 283 g/mol. The number of carboxylic acids is 1. The molecule has 2 fully saturated rings. The Labute approximate surface area is 120 Å². The molecule has 5 heteroatoms. The highest BCUT2D eigenvalue weighted by molar-refractivity contribution is 5.85. The Morgan fingerprint density at radius 1 is 1.25 bits per heavy atom. The summed E-state index contributed by atoms with van der Waals surface area (Å²) in [6.07, 6.45) is 5.08. The lowest BCUT2D eigenvalue weighted by atomic mass is 9.65. The Morgan fingerprint density at radius 2 is 1.95 bits per heavy atom. The van der Waals surface area contributed by atoms with Gasteiger partial charge in [0, 0.05) is 26.8 Å². The van der Waals surface area contributed by atoms with E-state index in [1.807, 2.05) is 0 Å². The summed E-state index contributed by atoms with van der Waals surface area (Å²) < 4.78 is 5.13. The van der Waals surface area contributed by atoms with Gasteiger partial charge < -0.3 is 14.7 Å². The van der Waals surface area contributed by atoms with Gasteiger partial charge in [0.25, 0.3) is 0 Å². The van der Waals surface area contributed by atoms with E-state index in [9.17, 15) is 14.7 Å². The second-order valence-electron chi connectivity index (χ2n) is 6.57. The minimum absolute atomic E-state index is 0.146. The fourth-order valence-corrected chi connectivity index (χ4v) is 3.39. The summed E-state index contributed by atoms with van der Waals surface area (Å²) in [5.74, 6) is -0.650. The van der Waals surface area contributed by atoms with Crippen molar-refractivity contribution in [2.45, 2.75) is 45.4 Å². The van der Waals surface area contributed by atoms with Gasteiger partial charge in [-0.3, -0.25) is 9.59 Å². The number of aliphatic carboxylic acids is 1. The average molecular weight is 283 g/mol. The highest BCUT2D eigenvalue weighted by Crippen LogP contribution is 2.46. The number of likely N-dealkylation sites (tertiary alicyclic amines) is 1. The van der Waals surface area contributed by atoms with Crippen molar-refractivity contribution in [3.8, 4) is 0 Å². The fraction of sp³-hybridized carbons (Fsp3) is 0.867. The molecule has 1 saturated carbocycles. The number of piperidine rings is 1. The van der Waals surface area contributed by atoms with Crippen molar-refractivity contribution >= 4 is 11.9 Å². The average Bonchev–Trinajstić information content (AvgIpc) is 2.37. The molecule has 1 N–H and O–H groups in total. The highest BCUT2D eigenvalue weighted by atomic mass is 16.5. The molecule has 1 saturated heterocycles. The summed E-state index contributed by atoms with van der Waals surface area (Å²) in [5, 5.41) is 9.35. The number of methoxy groups -OCH3 is 1. The van der Waals surface area contributed by atoms with Crippen LogP contribution < -0.4 is 0 Å². The number of amides is 1. The van der Waals surface area contributed by atoms with Crippen molar-refractivity contribution in [2.24, 2.45) is 10.8 Å². The van der Waals surface area contributed by atoms with Gasteiger partial charge in [0.2, 0.25) is 5.91 Å². The van der Waals surface area contributed by atoms with Crippen LogP contribution in [0.2, 0.25) is 0 Å². The first kappa shape index (κ1) is 15.3. The van der Waals surface area contributed by atoms with Crippen LogP contribution in [-0.2, 0) is 14.3 Å². The van der Waals surface area contributed by atoms with E-state index in [0.717, 1.165) is 32.1 Å². The highest BCUT2D eigenvalue weighted by Gasteiger charge is 2.48. The molecule has 1 heterocycles. The molecule has 0 radical (unpaired) electrons. The smallest absolute Gasteiger partial charge is 0.311 e. The van der Waals surface area contributed by atoms with Gasteiger partial charge in [0.1, 0.15) is 0 Å². The van der Waals surface area contributed by atoms with Crippen LogP contribution in [0.1, 0.15) is 45.4 Å². The molecule has 114 valence electrons. The molecule has 0 aromatic rings. The molecular formula is C15H25NO4. The molecule has 0 bridgehead atoms. The third-order valence-corrected chi connectivity index (χ3v) is 5.05. The molecule has 0 aromatic heterocycles. The van der Waals surface area contributed by atoms with E-state index in [-0.39, 0.29) is 11.3 Å². The Hall–Kier alpha value is -1.10. The maximum absolute atomic E-state index is 12.8. The van der Waals surface area contributed by atoms with Gasteiger partial charge in [-0.2, -0.15) is 0 Å². The van der Waals surface area contributed by atoms with Crippen LogP contribution in [0.15, 0.2) is 0 Å². The van der Waals surface area contributed by atoms with Crippen LogP contribution in [0.25, 0.3) is 0 Å². The van der Waals surface area contributed by atoms with Crippen LogP contribution in [0.4, 0.5) is 0 Å². The molecule has 0 spiro atoms. The Bertz CT molecular complexity index is 391. The first-order valence-corrected chi connectivity index (χ1v) is 7.45. The molecule has 1 atom stereocenters. The first-order valence-electron chi connectivity index (χ1n) is 7.45. The van der Waals surface area contributed by atoms with E-state index >= 15 is 0 Å². The van der Waals surface area contributed by atoms with Crippen molar-refractivity contribution in [1.82, 2.24) is 4.90 Å². The van der Waals surface area contributed by atoms with Crippen LogP contribution in [0, 0.1) is 10.8 Å². The second-order valence-corrected chi connectivity index (χ2v) is 6.57. The summed E-state index contributed by atoms with van der Waals surface area (Å²) >= 11 is 0. The third kappa shape index (κ3) is 2.68. The lowest BCUT2D eigenvalue weighted by Crippen LogP contribution is -2.55. The van der Waals surface area contributed by atoms with Gasteiger partial charge in [-0.15, -0.1) is 0 Å². The SMILES string of the molecule is COCCC1(C(=O)N2CCCC(C)(C(=O)O)C2)CCC1. The topological polar surface area (TPSA) is 66.8 Å². The van der Waals surface area contributed by atoms with E-state index in [4.69, 9.17) is 4.74 Å². The van der Waals surface area contributed by atoms with E-state index in [0.29, 0.717) is 26.1 Å². The number of hydrogen-bond acceptors (Lipinski definition) is 3. The normalized spacial score (nSPS) is 28.8. The van der Waals surface area contributed by atoms with Gasteiger partial charge in [-0.25, -0.2) is 0 Å². The molecule has 1 aliphatic carbocycles. The van der Waals surface area contributed by atoms with Crippen LogP contribution >= 0.6 is 0 Å². The summed E-state index contributed by atoms with van der Waals surface area (Å²) in [7, 11) is 1.65. The van der Waals surface area contributed by atoms with Crippen LogP contribution in [0.5, 0.6) is 0 Å². The number of nitrogens with zero attached hydrogens (tertiary/aromatic N) is 1. The maximum atomic E-state index is 12.8. The quantitative estimate of drug-likeness (QED) is 0.837. The lowest BCUT2D eigenvalue weighted by Gasteiger charge is -2.47. The summed E-state index contributed by atoms with van der Waals surface area (Å²) in [6.45, 7) is 3.37. The van der Waals surface area contributed by atoms with Crippen molar-refractivity contribution in [2.75, 3.05) is 26.8 Å². The number of ether oxygens (including phenoxy) is 1. The molecule has 1 aliphatic heterocycles. The predicted octanol–water partition coefficient (Wildman–Crippen LogP) is 1.91. The summed E-state index contributed by atoms with van der Waals surface area (Å²) in [4.78, 5) is 26.0. The van der Waals surface area contributed by atoms with Gasteiger partial charge in [-0.05, 0) is 39.0 Å². The van der Waals surface area contributed by atoms with E-state index in [2.05, 4.69) is 0 Å². The summed E-state index contributed by atoms with van der Waals surface area (Å²) in [5.41, 5.74) is -1.08. The Kier molecular flexibility index (Phi) is 4.37. The second kappa shape index (κ2) is 5.72. The van der Waals surface area contributed by atoms with Crippen LogP contribution in [0.3, 0.4) is 0 Å². The predicted molar refractivity (Wildman–Crippen MR) is 74.3 cm³/mol. The van der Waals surface area contributed by atoms with Gasteiger partial charge in [0.05, 0.1) is 10.8 Å². The molecule has 5 nitrogen and oxygen atoms in total. The molecule has 2 rings (SSSR count). The van der Waals surface area contributed by atoms with Crippen molar-refractivity contribution < 1.29 is 19.4 Å². The molecule has 20 heavy (non-hydrogen) atoms. The van der Waals surface area contributed by atoms with Gasteiger partial charge in [0.15, 0.2) is 0 Å². The number of carboxylic acid groups (broad SMARTS) is 1. The summed E-state index contributed by atoms with van der Waals surface area (Å²) in [6, 6.07) is 0. The molecule has 0 aromatic carbocycles. The zero-order chi connectivity index (χ0) is 14.8. The van der Waals surface area contributed by atoms with Crippen LogP contribution in [-0.4, -0.2) is 48.7 Å². The molecule has 1 unspecified atom stereocenters. The molecular weight excluding hydrogens is 258 g/mol. The lowest BCUT2D eigenvalue weighted by molar-refractivity contribution is -0.159. The Morgan fingerprint density at radius 3 is 2.45 bits per heavy atom. The Balaban J connectivity index is 2.06. The number of hydrogen-bond donors (Lipinski definition) is 1. The van der Waals surface area contributed by atoms with Gasteiger partial charge >= 0.3 is 5.97 Å². The first-order chi connectivity index (χ1) is 9.43. The minimum Gasteiger partial charge on any atom is -0.481 e. The number of carbonyl (C=O) groups excluding carboxylic acids is 1. The van der Waals surface area contributed by atoms with Crippen molar-refractivity contribution in [3.63, 3.8) is 0 Å². The zero-order valence-corrected chi connectivity index (χ0v) is 12.5. The zero-order valence-electron chi connectivity index (χ0n) is 12.5. The third-order valence-electron chi connectivity index (χ3n) is 5.05. The minimum atomic E-state index is -0.797. The van der Waals surface area contributed by atoms with E-state index < -0.39 is 11.4 Å². The fourth-order valence-electron chi connectivity index (χ4n) is 3.39. The molecule has 2 aliphatic rings. The van der Waals surface area contributed by atoms with E-state index in [1.54, 1.807) is 18.9 Å². The number of rotatable bonds is 5. The van der Waals surface area contributed by atoms with E-state index in [1.165, 1.54) is 0 Å². The van der Waals surface area contributed by atoms with Gasteiger partial charge in [-0.1, -0.05) is 6.42 Å². The molecule has 1 amide bonds. The largest absolute Gasteiger partial charge is 0.481 e. The maximum Gasteiger partial charge on any atom is 0.311 e. The number of carbonyl (C=O) groups is 2. The van der Waals surface area contributed by atoms with Crippen molar-refractivity contribution in [1.29, 1.82) is 0 Å². The standard InChI is InChI=1S/C15H25NO4/c1-14(13(18)19)5-4-9-16(11-14)12(17)15(6-3-7-15)8-10-20-2/h3-11H2,1-2H3,(H,18,19).